The average Bonchev–Trinajstić information content (AvgIpc) is 2.73. The highest BCUT2D eigenvalue weighted by Gasteiger charge is 2.34. The summed E-state index contributed by atoms with van der Waals surface area (Å²) in [5.74, 6) is 0.888. The fourth-order valence-corrected chi connectivity index (χ4v) is 5.62. The summed E-state index contributed by atoms with van der Waals surface area (Å²) in [6.07, 6.45) is 4.56. The fraction of sp³-hybridized carbons (Fsp3) is 0.650. The Labute approximate surface area is 175 Å². The van der Waals surface area contributed by atoms with Gasteiger partial charge in [0.05, 0.1) is 4.90 Å². The Kier molecular flexibility index (Phi) is 8.74. The SMILES string of the molecule is CNCCC1CCN(C(=O)C2CCN(S(=O)(=O)c3ccccc3)CC2)CC1.Cl. The number of nitrogens with one attached hydrogen (secondary N) is 1. The normalized spacial score (nSPS) is 20.0. The van der Waals surface area contributed by atoms with Crippen molar-refractivity contribution in [2.75, 3.05) is 39.8 Å². The van der Waals surface area contributed by atoms with Crippen molar-refractivity contribution in [3.8, 4) is 0 Å². The molecule has 0 spiro atoms. The number of amides is 1. The minimum Gasteiger partial charge on any atom is -0.342 e. The van der Waals surface area contributed by atoms with Crippen LogP contribution in [0.4, 0.5) is 0 Å². The maximum atomic E-state index is 12.8. The quantitative estimate of drug-likeness (QED) is 0.753. The van der Waals surface area contributed by atoms with Crippen LogP contribution >= 0.6 is 12.4 Å². The number of benzene rings is 1. The van der Waals surface area contributed by atoms with Crippen molar-refractivity contribution in [3.63, 3.8) is 0 Å². The standard InChI is InChI=1S/C20H31N3O3S.ClH/c1-21-12-7-17-8-13-22(14-9-17)20(24)18-10-15-23(16-11-18)27(25,26)19-5-3-2-4-6-19;/h2-6,17-18,21H,7-16H2,1H3;1H. The van der Waals surface area contributed by atoms with Gasteiger partial charge in [-0.2, -0.15) is 4.31 Å². The molecule has 158 valence electrons. The molecular weight excluding hydrogens is 398 g/mol. The molecule has 2 saturated heterocycles. The van der Waals surface area contributed by atoms with Gasteiger partial charge in [0.2, 0.25) is 15.9 Å². The molecule has 3 rings (SSSR count). The van der Waals surface area contributed by atoms with Crippen molar-refractivity contribution in [1.82, 2.24) is 14.5 Å². The van der Waals surface area contributed by atoms with Crippen LogP contribution in [-0.4, -0.2) is 63.3 Å². The number of carbonyl (C=O) groups is 1. The second-order valence-corrected chi connectivity index (χ2v) is 9.59. The number of likely N-dealkylation sites (tertiary alicyclic amines) is 1. The molecule has 2 heterocycles. The molecule has 0 aromatic heterocycles. The van der Waals surface area contributed by atoms with Crippen LogP contribution in [0, 0.1) is 11.8 Å². The number of hydrogen-bond donors (Lipinski definition) is 1. The van der Waals surface area contributed by atoms with Gasteiger partial charge in [-0.25, -0.2) is 8.42 Å². The van der Waals surface area contributed by atoms with E-state index in [1.807, 2.05) is 18.0 Å². The predicted molar refractivity (Wildman–Crippen MR) is 113 cm³/mol. The molecule has 1 aromatic carbocycles. The molecule has 8 heteroatoms. The molecule has 28 heavy (non-hydrogen) atoms. The van der Waals surface area contributed by atoms with Crippen molar-refractivity contribution in [1.29, 1.82) is 0 Å². The third-order valence-corrected chi connectivity index (χ3v) is 7.83. The summed E-state index contributed by atoms with van der Waals surface area (Å²) in [5, 5.41) is 3.19. The van der Waals surface area contributed by atoms with E-state index in [-0.39, 0.29) is 24.2 Å². The molecule has 2 aliphatic rings. The summed E-state index contributed by atoms with van der Waals surface area (Å²) < 4.78 is 27.0. The maximum Gasteiger partial charge on any atom is 0.243 e. The Morgan fingerprint density at radius 3 is 2.21 bits per heavy atom. The zero-order valence-corrected chi connectivity index (χ0v) is 18.2. The van der Waals surface area contributed by atoms with Crippen molar-refractivity contribution in [2.45, 2.75) is 37.0 Å². The van der Waals surface area contributed by atoms with E-state index < -0.39 is 10.0 Å². The topological polar surface area (TPSA) is 69.7 Å². The van der Waals surface area contributed by atoms with Crippen molar-refractivity contribution >= 4 is 28.3 Å². The molecular formula is C20H32ClN3O3S. The second-order valence-electron chi connectivity index (χ2n) is 7.65. The lowest BCUT2D eigenvalue weighted by Crippen LogP contribution is -2.46. The Morgan fingerprint density at radius 1 is 1.04 bits per heavy atom. The van der Waals surface area contributed by atoms with Crippen molar-refractivity contribution < 1.29 is 13.2 Å². The van der Waals surface area contributed by atoms with E-state index in [1.165, 1.54) is 10.7 Å². The monoisotopic (exact) mass is 429 g/mol. The minimum atomic E-state index is -3.45. The molecule has 0 saturated carbocycles. The van der Waals surface area contributed by atoms with Crippen molar-refractivity contribution in [3.05, 3.63) is 30.3 Å². The van der Waals surface area contributed by atoms with Crippen LogP contribution in [-0.2, 0) is 14.8 Å². The van der Waals surface area contributed by atoms with Gasteiger partial charge in [0.1, 0.15) is 0 Å². The highest BCUT2D eigenvalue weighted by atomic mass is 35.5. The smallest absolute Gasteiger partial charge is 0.243 e. The summed E-state index contributed by atoms with van der Waals surface area (Å²) in [6.45, 7) is 3.57. The fourth-order valence-electron chi connectivity index (χ4n) is 4.13. The van der Waals surface area contributed by atoms with Gasteiger partial charge in [-0.1, -0.05) is 18.2 Å². The maximum absolute atomic E-state index is 12.8. The first-order chi connectivity index (χ1) is 13.0. The molecule has 1 aromatic rings. The van der Waals surface area contributed by atoms with E-state index in [0.717, 1.165) is 32.5 Å². The van der Waals surface area contributed by atoms with Gasteiger partial charge >= 0.3 is 0 Å². The lowest BCUT2D eigenvalue weighted by Gasteiger charge is -2.37. The number of rotatable bonds is 6. The molecule has 0 unspecified atom stereocenters. The number of halogens is 1. The molecule has 0 aliphatic carbocycles. The number of hydrogen-bond acceptors (Lipinski definition) is 4. The van der Waals surface area contributed by atoms with Crippen molar-refractivity contribution in [2.24, 2.45) is 11.8 Å². The second kappa shape index (κ2) is 10.6. The number of piperidine rings is 2. The Balaban J connectivity index is 0.00000280. The molecule has 1 N–H and O–H groups in total. The first-order valence-electron chi connectivity index (χ1n) is 10.0. The molecule has 0 radical (unpaired) electrons. The lowest BCUT2D eigenvalue weighted by molar-refractivity contribution is -0.138. The lowest BCUT2D eigenvalue weighted by atomic mass is 9.91. The van der Waals surface area contributed by atoms with Crippen LogP contribution in [0.3, 0.4) is 0 Å². The van der Waals surface area contributed by atoms with Crippen LogP contribution in [0.1, 0.15) is 32.1 Å². The van der Waals surface area contributed by atoms with Gasteiger partial charge in [0, 0.05) is 32.1 Å². The number of carbonyl (C=O) groups excluding carboxylic acids is 1. The predicted octanol–water partition coefficient (Wildman–Crippen LogP) is 2.36. The molecule has 2 fully saturated rings. The summed E-state index contributed by atoms with van der Waals surface area (Å²) in [6, 6.07) is 8.55. The van der Waals surface area contributed by atoms with Gasteiger partial charge in [-0.05, 0) is 63.7 Å². The third kappa shape index (κ3) is 5.47. The zero-order valence-electron chi connectivity index (χ0n) is 16.5. The van der Waals surface area contributed by atoms with Crippen LogP contribution < -0.4 is 5.32 Å². The van der Waals surface area contributed by atoms with E-state index in [0.29, 0.717) is 36.7 Å². The van der Waals surface area contributed by atoms with Gasteiger partial charge in [0.15, 0.2) is 0 Å². The van der Waals surface area contributed by atoms with Crippen LogP contribution in [0.25, 0.3) is 0 Å². The number of nitrogens with zero attached hydrogens (tertiary/aromatic N) is 2. The van der Waals surface area contributed by atoms with Crippen LogP contribution in [0.15, 0.2) is 35.2 Å². The zero-order chi connectivity index (χ0) is 19.3. The van der Waals surface area contributed by atoms with Gasteiger partial charge in [-0.15, -0.1) is 12.4 Å². The summed E-state index contributed by atoms with van der Waals surface area (Å²) >= 11 is 0. The first-order valence-corrected chi connectivity index (χ1v) is 11.4. The van der Waals surface area contributed by atoms with Crippen LogP contribution in [0.2, 0.25) is 0 Å². The Bertz CT molecular complexity index is 713. The van der Waals surface area contributed by atoms with E-state index in [1.54, 1.807) is 24.3 Å². The van der Waals surface area contributed by atoms with E-state index >= 15 is 0 Å². The Morgan fingerprint density at radius 2 is 1.64 bits per heavy atom. The summed E-state index contributed by atoms with van der Waals surface area (Å²) in [4.78, 5) is 15.2. The highest BCUT2D eigenvalue weighted by Crippen LogP contribution is 2.27. The van der Waals surface area contributed by atoms with E-state index in [2.05, 4.69) is 5.32 Å². The molecule has 1 amide bonds. The minimum absolute atomic E-state index is 0. The van der Waals surface area contributed by atoms with E-state index in [4.69, 9.17) is 0 Å². The Hall–Kier alpha value is -1.15. The molecule has 6 nitrogen and oxygen atoms in total. The third-order valence-electron chi connectivity index (χ3n) is 5.91. The largest absolute Gasteiger partial charge is 0.342 e. The van der Waals surface area contributed by atoms with E-state index in [9.17, 15) is 13.2 Å². The highest BCUT2D eigenvalue weighted by molar-refractivity contribution is 7.89. The van der Waals surface area contributed by atoms with Crippen LogP contribution in [0.5, 0.6) is 0 Å². The van der Waals surface area contributed by atoms with Gasteiger partial charge in [-0.3, -0.25) is 4.79 Å². The summed E-state index contributed by atoms with van der Waals surface area (Å²) in [7, 11) is -1.47. The van der Waals surface area contributed by atoms with Gasteiger partial charge < -0.3 is 10.2 Å². The summed E-state index contributed by atoms with van der Waals surface area (Å²) in [5.41, 5.74) is 0. The molecule has 0 bridgehead atoms. The molecule has 2 aliphatic heterocycles. The van der Waals surface area contributed by atoms with Gasteiger partial charge in [0.25, 0.3) is 0 Å². The molecule has 0 atom stereocenters. The number of sulfonamides is 1. The average molecular weight is 430 g/mol. The first kappa shape index (κ1) is 23.1.